The smallest absolute Gasteiger partial charge is 0.248 e. The fourth-order valence-corrected chi connectivity index (χ4v) is 2.57. The zero-order valence-corrected chi connectivity index (χ0v) is 11.7. The fraction of sp³-hybridized carbons (Fsp3) is 0.917. The van der Waals surface area contributed by atoms with E-state index < -0.39 is 0 Å². The van der Waals surface area contributed by atoms with Gasteiger partial charge in [0.05, 0.1) is 13.2 Å². The Morgan fingerprint density at radius 3 is 2.44 bits per heavy atom. The van der Waals surface area contributed by atoms with Crippen molar-refractivity contribution in [3.05, 3.63) is 0 Å². The van der Waals surface area contributed by atoms with Gasteiger partial charge in [-0.2, -0.15) is 0 Å². The Labute approximate surface area is 115 Å². The molecule has 0 aromatic carbocycles. The van der Waals surface area contributed by atoms with Crippen LogP contribution in [0.2, 0.25) is 0 Å². The third kappa shape index (κ3) is 4.09. The van der Waals surface area contributed by atoms with E-state index in [2.05, 4.69) is 5.32 Å². The molecule has 2 rings (SSSR count). The molecule has 2 atom stereocenters. The molecule has 2 heterocycles. The van der Waals surface area contributed by atoms with Gasteiger partial charge in [-0.1, -0.05) is 0 Å². The summed E-state index contributed by atoms with van der Waals surface area (Å²) in [5.41, 5.74) is 0. The van der Waals surface area contributed by atoms with E-state index in [1.165, 1.54) is 0 Å². The first-order valence-electron chi connectivity index (χ1n) is 6.45. The minimum atomic E-state index is 0. The predicted octanol–water partition coefficient (Wildman–Crippen LogP) is 0.139. The number of nitrogens with one attached hydrogen (secondary N) is 1. The number of rotatable bonds is 6. The van der Waals surface area contributed by atoms with E-state index >= 15 is 0 Å². The molecule has 0 spiro atoms. The zero-order chi connectivity index (χ0) is 12.1. The van der Waals surface area contributed by atoms with Gasteiger partial charge < -0.3 is 19.7 Å². The highest BCUT2D eigenvalue weighted by Crippen LogP contribution is 2.26. The van der Waals surface area contributed by atoms with Crippen molar-refractivity contribution >= 4 is 18.3 Å². The lowest BCUT2D eigenvalue weighted by molar-refractivity contribution is -0.135. The van der Waals surface area contributed by atoms with Crippen LogP contribution < -0.4 is 5.32 Å². The molecule has 6 heteroatoms. The number of halogens is 1. The van der Waals surface area contributed by atoms with E-state index in [4.69, 9.17) is 9.47 Å². The van der Waals surface area contributed by atoms with Crippen molar-refractivity contribution in [1.29, 1.82) is 0 Å². The summed E-state index contributed by atoms with van der Waals surface area (Å²) in [6, 6.07) is 0. The quantitative estimate of drug-likeness (QED) is 0.702. The molecule has 0 unspecified atom stereocenters. The Balaban J connectivity index is 0.00000162. The van der Waals surface area contributed by atoms with Gasteiger partial charge in [0.25, 0.3) is 0 Å². The average Bonchev–Trinajstić information content (AvgIpc) is 2.88. The van der Waals surface area contributed by atoms with Crippen LogP contribution in [0.5, 0.6) is 0 Å². The monoisotopic (exact) mass is 278 g/mol. The molecule has 0 aliphatic carbocycles. The van der Waals surface area contributed by atoms with Gasteiger partial charge in [0.15, 0.2) is 0 Å². The van der Waals surface area contributed by atoms with Crippen LogP contribution in [0.4, 0.5) is 0 Å². The number of ether oxygens (including phenoxy) is 2. The van der Waals surface area contributed by atoms with Crippen LogP contribution in [-0.4, -0.2) is 63.4 Å². The molecular formula is C12H23ClN2O3. The van der Waals surface area contributed by atoms with Gasteiger partial charge in [0, 0.05) is 32.8 Å². The van der Waals surface area contributed by atoms with E-state index in [0.29, 0.717) is 31.7 Å². The van der Waals surface area contributed by atoms with Gasteiger partial charge in [-0.05, 0) is 18.8 Å². The highest BCUT2D eigenvalue weighted by molar-refractivity contribution is 5.85. The molecule has 0 radical (unpaired) electrons. The van der Waals surface area contributed by atoms with Gasteiger partial charge in [0.1, 0.15) is 6.61 Å². The summed E-state index contributed by atoms with van der Waals surface area (Å²) >= 11 is 0. The predicted molar refractivity (Wildman–Crippen MR) is 71.0 cm³/mol. The van der Waals surface area contributed by atoms with E-state index in [1.807, 2.05) is 11.8 Å². The van der Waals surface area contributed by atoms with Crippen molar-refractivity contribution in [2.75, 3.05) is 52.6 Å². The average molecular weight is 279 g/mol. The van der Waals surface area contributed by atoms with Crippen molar-refractivity contribution in [3.63, 3.8) is 0 Å². The number of hydrogen-bond donors (Lipinski definition) is 1. The molecule has 0 aromatic heterocycles. The molecule has 2 fully saturated rings. The summed E-state index contributed by atoms with van der Waals surface area (Å²) in [6.07, 6.45) is 0. The highest BCUT2D eigenvalue weighted by Gasteiger charge is 2.37. The Bertz CT molecular complexity index is 254. The lowest BCUT2D eigenvalue weighted by Gasteiger charge is -2.17. The van der Waals surface area contributed by atoms with E-state index in [1.54, 1.807) is 0 Å². The molecule has 106 valence electrons. The molecule has 0 bridgehead atoms. The SMILES string of the molecule is CCOCCOCC(=O)N1C[C@H]2CNC[C@H]2C1.Cl. The van der Waals surface area contributed by atoms with Crippen LogP contribution in [0.15, 0.2) is 0 Å². The fourth-order valence-electron chi connectivity index (χ4n) is 2.57. The maximum atomic E-state index is 11.8. The Morgan fingerprint density at radius 2 is 1.83 bits per heavy atom. The molecule has 1 N–H and O–H groups in total. The van der Waals surface area contributed by atoms with Crippen LogP contribution in [0, 0.1) is 11.8 Å². The molecule has 0 aromatic rings. The molecule has 2 aliphatic rings. The molecule has 2 saturated heterocycles. The van der Waals surface area contributed by atoms with Crippen molar-refractivity contribution in [2.24, 2.45) is 11.8 Å². The first-order chi connectivity index (χ1) is 8.31. The number of nitrogens with zero attached hydrogens (tertiary/aromatic N) is 1. The number of carbonyl (C=O) groups is 1. The molecule has 18 heavy (non-hydrogen) atoms. The first kappa shape index (κ1) is 15.7. The number of likely N-dealkylation sites (tertiary alicyclic amines) is 1. The van der Waals surface area contributed by atoms with Crippen LogP contribution >= 0.6 is 12.4 Å². The Kier molecular flexibility index (Phi) is 6.92. The van der Waals surface area contributed by atoms with Crippen LogP contribution in [0.3, 0.4) is 0 Å². The topological polar surface area (TPSA) is 50.8 Å². The molecule has 1 amide bonds. The summed E-state index contributed by atoms with van der Waals surface area (Å²) in [5.74, 6) is 1.43. The standard InChI is InChI=1S/C12H22N2O3.ClH/c1-2-16-3-4-17-9-12(15)14-7-10-5-13-6-11(10)8-14;/h10-11,13H,2-9H2,1H3;1H/t10-,11+;. The second-order valence-electron chi connectivity index (χ2n) is 4.73. The van der Waals surface area contributed by atoms with Gasteiger partial charge in [0.2, 0.25) is 5.91 Å². The second-order valence-corrected chi connectivity index (χ2v) is 4.73. The lowest BCUT2D eigenvalue weighted by Crippen LogP contribution is -2.34. The number of hydrogen-bond acceptors (Lipinski definition) is 4. The van der Waals surface area contributed by atoms with Crippen LogP contribution in [0.25, 0.3) is 0 Å². The maximum absolute atomic E-state index is 11.8. The second kappa shape index (κ2) is 7.94. The summed E-state index contributed by atoms with van der Waals surface area (Å²) < 4.78 is 10.4. The van der Waals surface area contributed by atoms with Gasteiger partial charge in [-0.3, -0.25) is 4.79 Å². The third-order valence-electron chi connectivity index (χ3n) is 3.54. The van der Waals surface area contributed by atoms with Crippen LogP contribution in [0.1, 0.15) is 6.92 Å². The Morgan fingerprint density at radius 1 is 1.22 bits per heavy atom. The molecule has 5 nitrogen and oxygen atoms in total. The highest BCUT2D eigenvalue weighted by atomic mass is 35.5. The van der Waals surface area contributed by atoms with Crippen molar-refractivity contribution in [2.45, 2.75) is 6.92 Å². The summed E-state index contributed by atoms with van der Waals surface area (Å²) in [5, 5.41) is 3.36. The maximum Gasteiger partial charge on any atom is 0.248 e. The molecule has 0 saturated carbocycles. The Hall–Kier alpha value is -0.360. The third-order valence-corrected chi connectivity index (χ3v) is 3.54. The van der Waals surface area contributed by atoms with E-state index in [0.717, 1.165) is 26.2 Å². The van der Waals surface area contributed by atoms with Gasteiger partial charge in [-0.25, -0.2) is 0 Å². The summed E-state index contributed by atoms with van der Waals surface area (Å²) in [6.45, 7) is 7.80. The molecule has 2 aliphatic heterocycles. The first-order valence-corrected chi connectivity index (χ1v) is 6.45. The lowest BCUT2D eigenvalue weighted by atomic mass is 10.0. The van der Waals surface area contributed by atoms with Gasteiger partial charge in [-0.15, -0.1) is 12.4 Å². The van der Waals surface area contributed by atoms with Gasteiger partial charge >= 0.3 is 0 Å². The number of carbonyl (C=O) groups excluding carboxylic acids is 1. The number of fused-ring (bicyclic) bond motifs is 1. The van der Waals surface area contributed by atoms with E-state index in [-0.39, 0.29) is 24.9 Å². The summed E-state index contributed by atoms with van der Waals surface area (Å²) in [4.78, 5) is 13.8. The van der Waals surface area contributed by atoms with Crippen LogP contribution in [-0.2, 0) is 14.3 Å². The minimum absolute atomic E-state index is 0. The largest absolute Gasteiger partial charge is 0.379 e. The van der Waals surface area contributed by atoms with Crippen molar-refractivity contribution in [3.8, 4) is 0 Å². The number of amides is 1. The zero-order valence-electron chi connectivity index (χ0n) is 10.9. The summed E-state index contributed by atoms with van der Waals surface area (Å²) in [7, 11) is 0. The normalized spacial score (nSPS) is 25.9. The minimum Gasteiger partial charge on any atom is -0.379 e. The van der Waals surface area contributed by atoms with Crippen molar-refractivity contribution in [1.82, 2.24) is 10.2 Å². The van der Waals surface area contributed by atoms with E-state index in [9.17, 15) is 4.79 Å². The molecular weight excluding hydrogens is 256 g/mol. The van der Waals surface area contributed by atoms with Crippen molar-refractivity contribution < 1.29 is 14.3 Å².